The SMILES string of the molecule is CC(C)(c1ccccc1)C(N)c1ccc(F)cc1F. The molecule has 1 atom stereocenters. The van der Waals surface area contributed by atoms with Gasteiger partial charge in [-0.3, -0.25) is 0 Å². The van der Waals surface area contributed by atoms with Crippen LogP contribution in [0.2, 0.25) is 0 Å². The minimum Gasteiger partial charge on any atom is -0.323 e. The van der Waals surface area contributed by atoms with Crippen LogP contribution >= 0.6 is 0 Å². The molecule has 0 heterocycles. The third kappa shape index (κ3) is 2.66. The first-order chi connectivity index (χ1) is 8.93. The summed E-state index contributed by atoms with van der Waals surface area (Å²) in [6.45, 7) is 3.91. The molecule has 0 bridgehead atoms. The highest BCUT2D eigenvalue weighted by Crippen LogP contribution is 2.36. The van der Waals surface area contributed by atoms with E-state index >= 15 is 0 Å². The average molecular weight is 261 g/mol. The van der Waals surface area contributed by atoms with Gasteiger partial charge in [0.15, 0.2) is 0 Å². The van der Waals surface area contributed by atoms with Crippen molar-refractivity contribution < 1.29 is 8.78 Å². The summed E-state index contributed by atoms with van der Waals surface area (Å²) in [4.78, 5) is 0. The van der Waals surface area contributed by atoms with Crippen molar-refractivity contribution in [3.8, 4) is 0 Å². The fourth-order valence-corrected chi connectivity index (χ4v) is 2.19. The van der Waals surface area contributed by atoms with Crippen LogP contribution in [0.1, 0.15) is 31.0 Å². The molecule has 2 aromatic carbocycles. The average Bonchev–Trinajstić information content (AvgIpc) is 2.39. The highest BCUT2D eigenvalue weighted by Gasteiger charge is 2.31. The van der Waals surface area contributed by atoms with Crippen LogP contribution in [0.25, 0.3) is 0 Å². The van der Waals surface area contributed by atoms with Crippen LogP contribution in [-0.2, 0) is 5.41 Å². The largest absolute Gasteiger partial charge is 0.323 e. The molecule has 0 radical (unpaired) electrons. The van der Waals surface area contributed by atoms with Gasteiger partial charge in [-0.1, -0.05) is 50.2 Å². The topological polar surface area (TPSA) is 26.0 Å². The van der Waals surface area contributed by atoms with Crippen LogP contribution in [0.15, 0.2) is 48.5 Å². The number of nitrogens with two attached hydrogens (primary N) is 1. The Morgan fingerprint density at radius 3 is 2.21 bits per heavy atom. The van der Waals surface area contributed by atoms with E-state index < -0.39 is 23.1 Å². The second kappa shape index (κ2) is 5.10. The van der Waals surface area contributed by atoms with Crippen molar-refractivity contribution in [2.45, 2.75) is 25.3 Å². The number of hydrogen-bond acceptors (Lipinski definition) is 1. The predicted molar refractivity (Wildman–Crippen MR) is 72.8 cm³/mol. The molecular weight excluding hydrogens is 244 g/mol. The molecule has 0 saturated carbocycles. The second-order valence-corrected chi connectivity index (χ2v) is 5.23. The van der Waals surface area contributed by atoms with Gasteiger partial charge in [0, 0.05) is 23.1 Å². The Morgan fingerprint density at radius 2 is 1.63 bits per heavy atom. The summed E-state index contributed by atoms with van der Waals surface area (Å²) in [6.07, 6.45) is 0. The molecule has 0 aliphatic rings. The van der Waals surface area contributed by atoms with Gasteiger partial charge in [0.1, 0.15) is 11.6 Å². The zero-order valence-electron chi connectivity index (χ0n) is 11.0. The van der Waals surface area contributed by atoms with Crippen LogP contribution in [0.5, 0.6) is 0 Å². The van der Waals surface area contributed by atoms with Crippen LogP contribution in [0.4, 0.5) is 8.78 Å². The summed E-state index contributed by atoms with van der Waals surface area (Å²) in [5, 5.41) is 0. The molecule has 1 unspecified atom stereocenters. The zero-order chi connectivity index (χ0) is 14.0. The molecule has 3 heteroatoms. The summed E-state index contributed by atoms with van der Waals surface area (Å²) in [5.74, 6) is -1.19. The Hall–Kier alpha value is -1.74. The van der Waals surface area contributed by atoms with Crippen LogP contribution in [0, 0.1) is 11.6 Å². The Morgan fingerprint density at radius 1 is 1.00 bits per heavy atom. The van der Waals surface area contributed by atoms with Gasteiger partial charge >= 0.3 is 0 Å². The van der Waals surface area contributed by atoms with E-state index in [2.05, 4.69) is 0 Å². The fraction of sp³-hybridized carbons (Fsp3) is 0.250. The van der Waals surface area contributed by atoms with Gasteiger partial charge in [-0.05, 0) is 11.6 Å². The Balaban J connectivity index is 2.40. The minimum absolute atomic E-state index is 0.329. The first kappa shape index (κ1) is 13.7. The summed E-state index contributed by atoms with van der Waals surface area (Å²) in [7, 11) is 0. The lowest BCUT2D eigenvalue weighted by Gasteiger charge is -2.32. The summed E-state index contributed by atoms with van der Waals surface area (Å²) < 4.78 is 26.8. The van der Waals surface area contributed by atoms with Gasteiger partial charge in [-0.25, -0.2) is 8.78 Å². The highest BCUT2D eigenvalue weighted by atomic mass is 19.1. The van der Waals surface area contributed by atoms with Gasteiger partial charge in [-0.2, -0.15) is 0 Å². The molecule has 2 aromatic rings. The summed E-state index contributed by atoms with van der Waals surface area (Å²) in [5.41, 5.74) is 7.10. The normalized spacial score (nSPS) is 13.3. The molecule has 0 aromatic heterocycles. The van der Waals surface area contributed by atoms with Crippen LogP contribution in [0.3, 0.4) is 0 Å². The second-order valence-electron chi connectivity index (χ2n) is 5.23. The zero-order valence-corrected chi connectivity index (χ0v) is 11.0. The number of hydrogen-bond donors (Lipinski definition) is 1. The third-order valence-electron chi connectivity index (χ3n) is 3.59. The molecule has 0 fully saturated rings. The maximum Gasteiger partial charge on any atom is 0.130 e. The molecule has 1 nitrogen and oxygen atoms in total. The van der Waals surface area contributed by atoms with Gasteiger partial charge in [0.05, 0.1) is 0 Å². The molecule has 0 spiro atoms. The smallest absolute Gasteiger partial charge is 0.130 e. The van der Waals surface area contributed by atoms with E-state index in [0.29, 0.717) is 5.56 Å². The van der Waals surface area contributed by atoms with Crippen molar-refractivity contribution in [3.05, 3.63) is 71.3 Å². The Bertz CT molecular complexity index is 564. The van der Waals surface area contributed by atoms with E-state index in [1.807, 2.05) is 44.2 Å². The van der Waals surface area contributed by atoms with Crippen molar-refractivity contribution in [1.29, 1.82) is 0 Å². The fourth-order valence-electron chi connectivity index (χ4n) is 2.19. The molecule has 0 saturated heterocycles. The molecule has 0 amide bonds. The van der Waals surface area contributed by atoms with Crippen molar-refractivity contribution in [1.82, 2.24) is 0 Å². The molecule has 2 N–H and O–H groups in total. The van der Waals surface area contributed by atoms with Gasteiger partial charge in [0.25, 0.3) is 0 Å². The molecule has 19 heavy (non-hydrogen) atoms. The molecule has 0 aliphatic carbocycles. The number of rotatable bonds is 3. The first-order valence-corrected chi connectivity index (χ1v) is 6.19. The number of benzene rings is 2. The van der Waals surface area contributed by atoms with Crippen molar-refractivity contribution in [3.63, 3.8) is 0 Å². The highest BCUT2D eigenvalue weighted by molar-refractivity contribution is 5.32. The third-order valence-corrected chi connectivity index (χ3v) is 3.59. The van der Waals surface area contributed by atoms with Crippen molar-refractivity contribution in [2.24, 2.45) is 5.73 Å². The van der Waals surface area contributed by atoms with Gasteiger partial charge in [-0.15, -0.1) is 0 Å². The van der Waals surface area contributed by atoms with E-state index in [1.165, 1.54) is 12.1 Å². The predicted octanol–water partition coefficient (Wildman–Crippen LogP) is 3.94. The standard InChI is InChI=1S/C16H17F2N/c1-16(2,11-6-4-3-5-7-11)15(19)13-9-8-12(17)10-14(13)18/h3-10,15H,19H2,1-2H3. The van der Waals surface area contributed by atoms with Gasteiger partial charge in [0.2, 0.25) is 0 Å². The first-order valence-electron chi connectivity index (χ1n) is 6.19. The quantitative estimate of drug-likeness (QED) is 0.889. The lowest BCUT2D eigenvalue weighted by atomic mass is 9.75. The maximum atomic E-state index is 13.8. The van der Waals surface area contributed by atoms with E-state index in [0.717, 1.165) is 11.6 Å². The summed E-state index contributed by atoms with van der Waals surface area (Å²) in [6, 6.07) is 12.7. The van der Waals surface area contributed by atoms with E-state index in [-0.39, 0.29) is 0 Å². The maximum absolute atomic E-state index is 13.8. The molecular formula is C16H17F2N. The monoisotopic (exact) mass is 261 g/mol. The van der Waals surface area contributed by atoms with Crippen LogP contribution in [-0.4, -0.2) is 0 Å². The lowest BCUT2D eigenvalue weighted by molar-refractivity contribution is 0.405. The van der Waals surface area contributed by atoms with Crippen molar-refractivity contribution >= 4 is 0 Å². The van der Waals surface area contributed by atoms with E-state index in [9.17, 15) is 8.78 Å². The lowest BCUT2D eigenvalue weighted by Crippen LogP contribution is -2.33. The molecule has 100 valence electrons. The molecule has 0 aliphatic heterocycles. The number of halogens is 2. The van der Waals surface area contributed by atoms with E-state index in [1.54, 1.807) is 0 Å². The summed E-state index contributed by atoms with van der Waals surface area (Å²) >= 11 is 0. The van der Waals surface area contributed by atoms with Crippen molar-refractivity contribution in [2.75, 3.05) is 0 Å². The Kier molecular flexibility index (Phi) is 3.67. The Labute approximate surface area is 112 Å². The molecule has 2 rings (SSSR count). The van der Waals surface area contributed by atoms with E-state index in [4.69, 9.17) is 5.73 Å². The minimum atomic E-state index is -0.600. The van der Waals surface area contributed by atoms with Crippen LogP contribution < -0.4 is 5.73 Å². The van der Waals surface area contributed by atoms with Gasteiger partial charge < -0.3 is 5.73 Å².